The van der Waals surface area contributed by atoms with Crippen LogP contribution in [0.5, 0.6) is 0 Å². The van der Waals surface area contributed by atoms with Gasteiger partial charge in [0.2, 0.25) is 0 Å². The number of pyridine rings is 1. The Morgan fingerprint density at radius 2 is 1.88 bits per heavy atom. The van der Waals surface area contributed by atoms with Crippen LogP contribution >= 0.6 is 0 Å². The molecule has 126 valence electrons. The van der Waals surface area contributed by atoms with E-state index in [0.717, 1.165) is 36.7 Å². The van der Waals surface area contributed by atoms with E-state index in [9.17, 15) is 4.79 Å². The molecule has 1 aromatic heterocycles. The third kappa shape index (κ3) is 3.03. The van der Waals surface area contributed by atoms with Crippen molar-refractivity contribution in [2.24, 2.45) is 0 Å². The van der Waals surface area contributed by atoms with Crippen LogP contribution in [-0.4, -0.2) is 52.9 Å². The lowest BCUT2D eigenvalue weighted by molar-refractivity contribution is 0.0686. The smallest absolute Gasteiger partial charge is 0.273 e. The Labute approximate surface area is 143 Å². The van der Waals surface area contributed by atoms with Gasteiger partial charge in [0.05, 0.1) is 0 Å². The Hall–Kier alpha value is -1.94. The lowest BCUT2D eigenvalue weighted by Crippen LogP contribution is -2.45. The second kappa shape index (κ2) is 6.89. The van der Waals surface area contributed by atoms with Gasteiger partial charge in [0.1, 0.15) is 5.69 Å². The van der Waals surface area contributed by atoms with Crippen molar-refractivity contribution in [3.63, 3.8) is 0 Å². The van der Waals surface area contributed by atoms with Crippen molar-refractivity contribution < 1.29 is 4.79 Å². The van der Waals surface area contributed by atoms with Gasteiger partial charge in [-0.2, -0.15) is 0 Å². The fraction of sp³-hybridized carbons (Fsp3) is 0.500. The molecule has 2 fully saturated rings. The van der Waals surface area contributed by atoms with Gasteiger partial charge in [0.25, 0.3) is 5.91 Å². The van der Waals surface area contributed by atoms with Gasteiger partial charge in [-0.1, -0.05) is 30.7 Å². The van der Waals surface area contributed by atoms with Crippen LogP contribution in [-0.2, 0) is 0 Å². The quantitative estimate of drug-likeness (QED) is 0.869. The molecule has 0 aliphatic carbocycles. The molecule has 0 N–H and O–H groups in total. The summed E-state index contributed by atoms with van der Waals surface area (Å²) in [5, 5.41) is 2.05. The van der Waals surface area contributed by atoms with E-state index in [1.54, 1.807) is 6.20 Å². The Kier molecular flexibility index (Phi) is 4.48. The minimum atomic E-state index is 0.103. The third-order valence-corrected chi connectivity index (χ3v) is 5.43. The van der Waals surface area contributed by atoms with E-state index in [-0.39, 0.29) is 5.91 Å². The molecule has 0 spiro atoms. The molecular formula is C20H25N3O. The minimum Gasteiger partial charge on any atom is -0.333 e. The highest BCUT2D eigenvalue weighted by Gasteiger charge is 2.32. The van der Waals surface area contributed by atoms with Crippen molar-refractivity contribution in [2.75, 3.05) is 26.2 Å². The van der Waals surface area contributed by atoms with Gasteiger partial charge in [0, 0.05) is 30.7 Å². The molecule has 4 nitrogen and oxygen atoms in total. The van der Waals surface area contributed by atoms with E-state index in [2.05, 4.69) is 14.8 Å². The van der Waals surface area contributed by atoms with Gasteiger partial charge in [0.15, 0.2) is 0 Å². The van der Waals surface area contributed by atoms with Gasteiger partial charge >= 0.3 is 0 Å². The maximum Gasteiger partial charge on any atom is 0.273 e. The Bertz CT molecular complexity index is 718. The Balaban J connectivity index is 1.56. The number of carbonyl (C=O) groups is 1. The number of hydrogen-bond donors (Lipinski definition) is 0. The first-order valence-electron chi connectivity index (χ1n) is 9.20. The summed E-state index contributed by atoms with van der Waals surface area (Å²) in [5.41, 5.74) is 0.610. The fourth-order valence-electron chi connectivity index (χ4n) is 4.16. The second-order valence-electron chi connectivity index (χ2n) is 7.04. The van der Waals surface area contributed by atoms with E-state index >= 15 is 0 Å². The van der Waals surface area contributed by atoms with Crippen molar-refractivity contribution in [1.82, 2.24) is 14.8 Å². The lowest BCUT2D eigenvalue weighted by atomic mass is 10.1. The number of hydrogen-bond acceptors (Lipinski definition) is 3. The summed E-state index contributed by atoms with van der Waals surface area (Å²) >= 11 is 0. The molecule has 4 heteroatoms. The number of aromatic nitrogens is 1. The summed E-state index contributed by atoms with van der Waals surface area (Å²) in [6.07, 6.45) is 7.92. The van der Waals surface area contributed by atoms with E-state index in [0.29, 0.717) is 11.7 Å². The number of carbonyl (C=O) groups excluding carboxylic acids is 1. The fourth-order valence-corrected chi connectivity index (χ4v) is 4.16. The molecule has 1 atom stereocenters. The molecule has 3 heterocycles. The number of nitrogens with zero attached hydrogens (tertiary/aromatic N) is 3. The third-order valence-electron chi connectivity index (χ3n) is 5.43. The molecule has 0 saturated carbocycles. The van der Waals surface area contributed by atoms with Crippen LogP contribution in [0, 0.1) is 0 Å². The predicted molar refractivity (Wildman–Crippen MR) is 96.1 cm³/mol. The largest absolute Gasteiger partial charge is 0.333 e. The lowest BCUT2D eigenvalue weighted by Gasteiger charge is -2.33. The first kappa shape index (κ1) is 15.6. The molecule has 1 amide bonds. The summed E-state index contributed by atoms with van der Waals surface area (Å²) < 4.78 is 0. The van der Waals surface area contributed by atoms with Crippen molar-refractivity contribution in [1.29, 1.82) is 0 Å². The first-order chi connectivity index (χ1) is 11.8. The number of piperidine rings is 1. The van der Waals surface area contributed by atoms with Crippen molar-refractivity contribution >= 4 is 16.7 Å². The molecule has 2 aliphatic rings. The van der Waals surface area contributed by atoms with Gasteiger partial charge < -0.3 is 9.80 Å². The van der Waals surface area contributed by atoms with Crippen LogP contribution in [0.15, 0.2) is 36.5 Å². The van der Waals surface area contributed by atoms with Crippen LogP contribution in [0.4, 0.5) is 0 Å². The summed E-state index contributed by atoms with van der Waals surface area (Å²) in [6, 6.07) is 10.4. The minimum absolute atomic E-state index is 0.103. The molecule has 4 rings (SSSR count). The average Bonchev–Trinajstić information content (AvgIpc) is 3.09. The molecule has 24 heavy (non-hydrogen) atoms. The molecule has 2 aromatic rings. The second-order valence-corrected chi connectivity index (χ2v) is 7.04. The van der Waals surface area contributed by atoms with Gasteiger partial charge in [-0.05, 0) is 50.2 Å². The van der Waals surface area contributed by atoms with Gasteiger partial charge in [-0.15, -0.1) is 0 Å². The molecule has 0 radical (unpaired) electrons. The monoisotopic (exact) mass is 323 g/mol. The van der Waals surface area contributed by atoms with Crippen LogP contribution in [0.1, 0.15) is 42.6 Å². The van der Waals surface area contributed by atoms with Gasteiger partial charge in [-0.3, -0.25) is 9.78 Å². The predicted octanol–water partition coefficient (Wildman–Crippen LogP) is 3.33. The van der Waals surface area contributed by atoms with Crippen LogP contribution < -0.4 is 0 Å². The van der Waals surface area contributed by atoms with Crippen LogP contribution in [0.2, 0.25) is 0 Å². The SMILES string of the molecule is O=C(c1nccc2ccccc12)N1CCCC1CN1CCCCC1. The summed E-state index contributed by atoms with van der Waals surface area (Å²) in [7, 11) is 0. The van der Waals surface area contributed by atoms with Crippen molar-refractivity contribution in [3.8, 4) is 0 Å². The van der Waals surface area contributed by atoms with E-state index < -0.39 is 0 Å². The van der Waals surface area contributed by atoms with Crippen LogP contribution in [0.25, 0.3) is 10.8 Å². The first-order valence-corrected chi connectivity index (χ1v) is 9.20. The number of fused-ring (bicyclic) bond motifs is 1. The molecular weight excluding hydrogens is 298 g/mol. The zero-order valence-corrected chi connectivity index (χ0v) is 14.2. The molecule has 0 bridgehead atoms. The zero-order chi connectivity index (χ0) is 16.4. The maximum atomic E-state index is 13.2. The highest BCUT2D eigenvalue weighted by molar-refractivity contribution is 6.05. The van der Waals surface area contributed by atoms with E-state index in [1.165, 1.54) is 32.4 Å². The standard InChI is InChI=1S/C20H25N3O/c24-20(19-18-9-3-2-7-16(18)10-11-21-19)23-14-6-8-17(23)15-22-12-4-1-5-13-22/h2-3,7,9-11,17H,1,4-6,8,12-15H2. The average molecular weight is 323 g/mol. The van der Waals surface area contributed by atoms with Crippen molar-refractivity contribution in [3.05, 3.63) is 42.2 Å². The number of benzene rings is 1. The number of rotatable bonds is 3. The van der Waals surface area contributed by atoms with E-state index in [1.807, 2.05) is 30.3 Å². The molecule has 2 aliphatic heterocycles. The number of likely N-dealkylation sites (tertiary alicyclic amines) is 2. The normalized spacial score (nSPS) is 22.2. The highest BCUT2D eigenvalue weighted by atomic mass is 16.2. The zero-order valence-electron chi connectivity index (χ0n) is 14.2. The van der Waals surface area contributed by atoms with Crippen LogP contribution in [0.3, 0.4) is 0 Å². The summed E-state index contributed by atoms with van der Waals surface area (Å²) in [4.78, 5) is 22.2. The summed E-state index contributed by atoms with van der Waals surface area (Å²) in [6.45, 7) is 4.26. The summed E-state index contributed by atoms with van der Waals surface area (Å²) in [5.74, 6) is 0.103. The molecule has 1 unspecified atom stereocenters. The Morgan fingerprint density at radius 3 is 2.75 bits per heavy atom. The Morgan fingerprint density at radius 1 is 1.04 bits per heavy atom. The highest BCUT2D eigenvalue weighted by Crippen LogP contribution is 2.24. The van der Waals surface area contributed by atoms with Crippen molar-refractivity contribution in [2.45, 2.75) is 38.1 Å². The van der Waals surface area contributed by atoms with E-state index in [4.69, 9.17) is 0 Å². The molecule has 2 saturated heterocycles. The topological polar surface area (TPSA) is 36.4 Å². The number of amides is 1. The molecule has 1 aromatic carbocycles. The maximum absolute atomic E-state index is 13.2. The van der Waals surface area contributed by atoms with Gasteiger partial charge in [-0.25, -0.2) is 0 Å².